The van der Waals surface area contributed by atoms with Crippen molar-refractivity contribution >= 4 is 62.3 Å². The predicted molar refractivity (Wildman–Crippen MR) is 114 cm³/mol. The maximum Gasteiger partial charge on any atom is 0.341 e. The molecule has 0 saturated heterocycles. The van der Waals surface area contributed by atoms with Crippen molar-refractivity contribution in [1.29, 1.82) is 0 Å². The number of benzene rings is 1. The minimum absolute atomic E-state index is 0.217. The van der Waals surface area contributed by atoms with Gasteiger partial charge in [-0.05, 0) is 31.5 Å². The molecule has 0 spiro atoms. The van der Waals surface area contributed by atoms with Gasteiger partial charge in [0.05, 0.1) is 34.4 Å². The summed E-state index contributed by atoms with van der Waals surface area (Å²) in [5, 5.41) is 3.85. The molecule has 1 amide bonds. The first-order chi connectivity index (χ1) is 13.8. The van der Waals surface area contributed by atoms with Crippen LogP contribution in [0.5, 0.6) is 0 Å². The van der Waals surface area contributed by atoms with Gasteiger partial charge in [-0.3, -0.25) is 14.2 Å². The molecule has 0 aliphatic heterocycles. The van der Waals surface area contributed by atoms with Gasteiger partial charge in [0.25, 0.3) is 5.56 Å². The molecule has 10 heteroatoms. The maximum atomic E-state index is 12.7. The maximum absolute atomic E-state index is 12.7. The van der Waals surface area contributed by atoms with E-state index in [0.717, 1.165) is 9.44 Å². The lowest BCUT2D eigenvalue weighted by Gasteiger charge is -2.09. The molecule has 3 aromatic rings. The number of amides is 1. The zero-order valence-electron chi connectivity index (χ0n) is 15.6. The molecule has 29 heavy (non-hydrogen) atoms. The number of rotatable bonds is 6. The second-order valence-corrected chi connectivity index (χ2v) is 8.02. The molecule has 0 aliphatic carbocycles. The summed E-state index contributed by atoms with van der Waals surface area (Å²) in [5.41, 5.74) is 0.165. The van der Waals surface area contributed by atoms with E-state index in [1.807, 2.05) is 6.92 Å². The first-order valence-corrected chi connectivity index (χ1v) is 10.3. The summed E-state index contributed by atoms with van der Waals surface area (Å²) >= 11 is 13.3. The number of aromatic nitrogens is 2. The summed E-state index contributed by atoms with van der Waals surface area (Å²) < 4.78 is 6.20. The first-order valence-electron chi connectivity index (χ1n) is 8.77. The zero-order chi connectivity index (χ0) is 21.1. The van der Waals surface area contributed by atoms with Crippen molar-refractivity contribution in [3.8, 4) is 0 Å². The third-order valence-electron chi connectivity index (χ3n) is 4.04. The van der Waals surface area contributed by atoms with E-state index in [1.165, 1.54) is 29.8 Å². The highest BCUT2D eigenvalue weighted by Crippen LogP contribution is 2.29. The Morgan fingerprint density at radius 3 is 2.69 bits per heavy atom. The molecular weight excluding hydrogens is 437 g/mol. The van der Waals surface area contributed by atoms with Crippen LogP contribution >= 0.6 is 34.5 Å². The molecule has 1 N–H and O–H groups in total. The monoisotopic (exact) mass is 453 g/mol. The van der Waals surface area contributed by atoms with Gasteiger partial charge in [0, 0.05) is 9.90 Å². The summed E-state index contributed by atoms with van der Waals surface area (Å²) in [5.74, 6) is -0.982. The van der Waals surface area contributed by atoms with E-state index >= 15 is 0 Å². The lowest BCUT2D eigenvalue weighted by molar-refractivity contribution is -0.116. The van der Waals surface area contributed by atoms with Crippen molar-refractivity contribution < 1.29 is 14.3 Å². The quantitative estimate of drug-likeness (QED) is 0.566. The molecule has 2 heterocycles. The Kier molecular flexibility index (Phi) is 6.56. The third-order valence-corrected chi connectivity index (χ3v) is 5.74. The van der Waals surface area contributed by atoms with Crippen LogP contribution in [0.4, 0.5) is 5.00 Å². The number of esters is 1. The average molecular weight is 454 g/mol. The fourth-order valence-corrected chi connectivity index (χ4v) is 4.24. The summed E-state index contributed by atoms with van der Waals surface area (Å²) in [6.45, 7) is 3.60. The Hall–Kier alpha value is -2.42. The van der Waals surface area contributed by atoms with E-state index in [1.54, 1.807) is 13.0 Å². The number of aryl methyl sites for hydroxylation is 1. The van der Waals surface area contributed by atoms with Crippen LogP contribution in [0, 0.1) is 0 Å². The van der Waals surface area contributed by atoms with Gasteiger partial charge in [0.2, 0.25) is 5.91 Å². The smallest absolute Gasteiger partial charge is 0.341 e. The topological polar surface area (TPSA) is 90.3 Å². The second-order valence-electron chi connectivity index (χ2n) is 6.04. The number of ether oxygens (including phenoxy) is 1. The van der Waals surface area contributed by atoms with E-state index in [4.69, 9.17) is 27.9 Å². The Labute approximate surface area is 180 Å². The number of carbonyl (C=O) groups excluding carboxylic acids is 2. The van der Waals surface area contributed by atoms with E-state index in [-0.39, 0.29) is 23.6 Å². The number of thiophene rings is 1. The van der Waals surface area contributed by atoms with Crippen LogP contribution in [0.15, 0.2) is 29.3 Å². The molecule has 0 aliphatic rings. The number of anilines is 1. The summed E-state index contributed by atoms with van der Waals surface area (Å²) in [6, 6.07) is 4.65. The van der Waals surface area contributed by atoms with Crippen LogP contribution in [0.3, 0.4) is 0 Å². The minimum atomic E-state index is -0.507. The number of fused-ring (bicyclic) bond motifs is 1. The van der Waals surface area contributed by atoms with Crippen molar-refractivity contribution in [2.75, 3.05) is 11.9 Å². The number of nitrogens with one attached hydrogen (secondary N) is 1. The molecular formula is C19H17Cl2N3O4S. The van der Waals surface area contributed by atoms with E-state index in [0.29, 0.717) is 27.5 Å². The van der Waals surface area contributed by atoms with Gasteiger partial charge in [0.15, 0.2) is 0 Å². The number of halogens is 2. The first kappa shape index (κ1) is 21.3. The molecule has 152 valence electrons. The fourth-order valence-electron chi connectivity index (χ4n) is 2.70. The van der Waals surface area contributed by atoms with Gasteiger partial charge in [-0.15, -0.1) is 11.3 Å². The van der Waals surface area contributed by atoms with Gasteiger partial charge in [-0.25, -0.2) is 9.78 Å². The van der Waals surface area contributed by atoms with Crippen molar-refractivity contribution in [3.05, 3.63) is 55.4 Å². The molecule has 0 atom stereocenters. The standard InChI is InChI=1S/C19H17Cl2N3O4S/c1-3-11-7-13(19(27)28-4-2)17(29-11)23-15(25)8-24-9-22-16-12(18(24)26)5-10(20)6-14(16)21/h5-7,9H,3-4,8H2,1-2H3,(H,23,25). The summed E-state index contributed by atoms with van der Waals surface area (Å²) in [4.78, 5) is 42.4. The van der Waals surface area contributed by atoms with Gasteiger partial charge >= 0.3 is 5.97 Å². The number of nitrogens with zero attached hydrogens (tertiary/aromatic N) is 2. The van der Waals surface area contributed by atoms with Crippen molar-refractivity contribution in [2.45, 2.75) is 26.8 Å². The molecule has 0 bridgehead atoms. The fraction of sp³-hybridized carbons (Fsp3) is 0.263. The SMILES string of the molecule is CCOC(=O)c1cc(CC)sc1NC(=O)Cn1cnc2c(Cl)cc(Cl)cc2c1=O. The molecule has 3 rings (SSSR count). The van der Waals surface area contributed by atoms with Crippen LogP contribution < -0.4 is 10.9 Å². The van der Waals surface area contributed by atoms with Gasteiger partial charge in [-0.2, -0.15) is 0 Å². The van der Waals surface area contributed by atoms with Gasteiger partial charge < -0.3 is 10.1 Å². The molecule has 0 radical (unpaired) electrons. The van der Waals surface area contributed by atoms with Crippen LogP contribution in [0.2, 0.25) is 10.0 Å². The van der Waals surface area contributed by atoms with Crippen LogP contribution in [-0.4, -0.2) is 28.0 Å². The van der Waals surface area contributed by atoms with Crippen molar-refractivity contribution in [2.24, 2.45) is 0 Å². The highest BCUT2D eigenvalue weighted by Gasteiger charge is 2.19. The third kappa shape index (κ3) is 4.60. The summed E-state index contributed by atoms with van der Waals surface area (Å²) in [6.07, 6.45) is 1.96. The molecule has 1 aromatic carbocycles. The molecule has 0 fully saturated rings. The number of hydrogen-bond acceptors (Lipinski definition) is 6. The molecule has 0 unspecified atom stereocenters. The van der Waals surface area contributed by atoms with Crippen LogP contribution in [0.25, 0.3) is 10.9 Å². The van der Waals surface area contributed by atoms with Gasteiger partial charge in [0.1, 0.15) is 11.5 Å². The normalized spacial score (nSPS) is 10.9. The molecule has 7 nitrogen and oxygen atoms in total. The lowest BCUT2D eigenvalue weighted by atomic mass is 10.2. The van der Waals surface area contributed by atoms with Gasteiger partial charge in [-0.1, -0.05) is 30.1 Å². The summed E-state index contributed by atoms with van der Waals surface area (Å²) in [7, 11) is 0. The Morgan fingerprint density at radius 2 is 2.00 bits per heavy atom. The lowest BCUT2D eigenvalue weighted by Crippen LogP contribution is -2.28. The molecule has 2 aromatic heterocycles. The molecule has 0 saturated carbocycles. The van der Waals surface area contributed by atoms with E-state index in [2.05, 4.69) is 10.3 Å². The van der Waals surface area contributed by atoms with Crippen LogP contribution in [0.1, 0.15) is 29.1 Å². The van der Waals surface area contributed by atoms with Crippen molar-refractivity contribution in [3.63, 3.8) is 0 Å². The zero-order valence-corrected chi connectivity index (χ0v) is 18.0. The largest absolute Gasteiger partial charge is 0.462 e. The number of hydrogen-bond donors (Lipinski definition) is 1. The van der Waals surface area contributed by atoms with E-state index < -0.39 is 17.4 Å². The Bertz CT molecular complexity index is 1160. The second kappa shape index (κ2) is 8.94. The predicted octanol–water partition coefficient (Wildman–Crippen LogP) is 4.14. The van der Waals surface area contributed by atoms with E-state index in [9.17, 15) is 14.4 Å². The average Bonchev–Trinajstić information content (AvgIpc) is 3.07. The highest BCUT2D eigenvalue weighted by molar-refractivity contribution is 7.16. The Balaban J connectivity index is 1.87. The Morgan fingerprint density at radius 1 is 1.24 bits per heavy atom. The highest BCUT2D eigenvalue weighted by atomic mass is 35.5. The van der Waals surface area contributed by atoms with Crippen LogP contribution in [-0.2, 0) is 22.5 Å². The van der Waals surface area contributed by atoms with Crippen molar-refractivity contribution in [1.82, 2.24) is 9.55 Å². The minimum Gasteiger partial charge on any atom is -0.462 e. The number of carbonyl (C=O) groups is 2.